The largest absolute Gasteiger partial charge is 0.481 e. The molecule has 1 fully saturated rings. The van der Waals surface area contributed by atoms with Gasteiger partial charge in [0.2, 0.25) is 5.88 Å². The topological polar surface area (TPSA) is 51.6 Å². The van der Waals surface area contributed by atoms with Gasteiger partial charge in [-0.25, -0.2) is 4.68 Å². The van der Waals surface area contributed by atoms with Crippen molar-refractivity contribution >= 4 is 5.69 Å². The molecule has 0 bridgehead atoms. The minimum absolute atomic E-state index is 0.253. The van der Waals surface area contributed by atoms with Gasteiger partial charge in [-0.05, 0) is 31.5 Å². The van der Waals surface area contributed by atoms with Crippen molar-refractivity contribution in [2.24, 2.45) is 7.05 Å². The summed E-state index contributed by atoms with van der Waals surface area (Å²) < 4.78 is 12.7. The van der Waals surface area contributed by atoms with Gasteiger partial charge in [0.1, 0.15) is 0 Å². The van der Waals surface area contributed by atoms with E-state index in [0.29, 0.717) is 0 Å². The van der Waals surface area contributed by atoms with Crippen LogP contribution in [0, 0.1) is 6.92 Å². The van der Waals surface area contributed by atoms with E-state index in [9.17, 15) is 0 Å². The Labute approximate surface area is 149 Å². The van der Waals surface area contributed by atoms with E-state index in [0.717, 1.165) is 50.0 Å². The molecule has 0 radical (unpaired) electrons. The first-order valence-corrected chi connectivity index (χ1v) is 8.82. The molecule has 1 atom stereocenters. The number of hydrogen-bond donors (Lipinski definition) is 1. The van der Waals surface area contributed by atoms with Gasteiger partial charge in [0.15, 0.2) is 0 Å². The second-order valence-electron chi connectivity index (χ2n) is 6.49. The summed E-state index contributed by atoms with van der Waals surface area (Å²) in [6.45, 7) is 8.48. The van der Waals surface area contributed by atoms with Gasteiger partial charge in [-0.2, -0.15) is 5.10 Å². The molecule has 1 aliphatic rings. The molecule has 2 aromatic rings. The number of rotatable bonds is 6. The van der Waals surface area contributed by atoms with Crippen LogP contribution >= 0.6 is 0 Å². The monoisotopic (exact) mass is 344 g/mol. The molecular formula is C19H28N4O2. The molecule has 3 rings (SSSR count). The Hall–Kier alpha value is -2.05. The number of aryl methyl sites for hydroxylation is 2. The van der Waals surface area contributed by atoms with E-state index in [1.165, 1.54) is 11.3 Å². The molecule has 0 aliphatic carbocycles. The molecule has 1 saturated heterocycles. The molecule has 0 unspecified atom stereocenters. The number of nitrogens with one attached hydrogen (secondary N) is 1. The summed E-state index contributed by atoms with van der Waals surface area (Å²) >= 11 is 0. The Balaban J connectivity index is 1.62. The fourth-order valence-corrected chi connectivity index (χ4v) is 3.31. The van der Waals surface area contributed by atoms with Crippen molar-refractivity contribution in [1.82, 2.24) is 15.1 Å². The first kappa shape index (κ1) is 17.8. The summed E-state index contributed by atoms with van der Waals surface area (Å²) in [6.07, 6.45) is 0. The zero-order valence-corrected chi connectivity index (χ0v) is 15.6. The number of ether oxygens (including phenoxy) is 2. The molecule has 136 valence electrons. The van der Waals surface area contributed by atoms with E-state index >= 15 is 0 Å². The average Bonchev–Trinajstić information content (AvgIpc) is 2.93. The Morgan fingerprint density at radius 1 is 1.24 bits per heavy atom. The van der Waals surface area contributed by atoms with Crippen LogP contribution in [0.25, 0.3) is 0 Å². The van der Waals surface area contributed by atoms with Crippen LogP contribution in [0.3, 0.4) is 0 Å². The van der Waals surface area contributed by atoms with Crippen LogP contribution in [-0.4, -0.2) is 43.2 Å². The van der Waals surface area contributed by atoms with Crippen LogP contribution in [0.1, 0.15) is 29.8 Å². The van der Waals surface area contributed by atoms with Gasteiger partial charge >= 0.3 is 0 Å². The maximum Gasteiger partial charge on any atom is 0.216 e. The van der Waals surface area contributed by atoms with Gasteiger partial charge in [-0.1, -0.05) is 12.1 Å². The van der Waals surface area contributed by atoms with E-state index in [2.05, 4.69) is 46.5 Å². The van der Waals surface area contributed by atoms with Crippen molar-refractivity contribution in [2.45, 2.75) is 26.4 Å². The van der Waals surface area contributed by atoms with Crippen molar-refractivity contribution in [3.05, 3.63) is 41.1 Å². The van der Waals surface area contributed by atoms with Crippen LogP contribution in [0.2, 0.25) is 0 Å². The second kappa shape index (κ2) is 7.89. The first-order chi connectivity index (χ1) is 12.1. The lowest BCUT2D eigenvalue weighted by Crippen LogP contribution is -2.36. The summed E-state index contributed by atoms with van der Waals surface area (Å²) in [6, 6.07) is 9.07. The van der Waals surface area contributed by atoms with E-state index in [-0.39, 0.29) is 6.04 Å². The number of benzene rings is 1. The molecule has 6 heteroatoms. The van der Waals surface area contributed by atoms with Crippen molar-refractivity contribution in [1.29, 1.82) is 0 Å². The van der Waals surface area contributed by atoms with Crippen molar-refractivity contribution < 1.29 is 9.47 Å². The summed E-state index contributed by atoms with van der Waals surface area (Å²) in [7, 11) is 3.59. The Kier molecular flexibility index (Phi) is 5.60. The zero-order chi connectivity index (χ0) is 17.8. The van der Waals surface area contributed by atoms with Gasteiger partial charge in [-0.3, -0.25) is 0 Å². The van der Waals surface area contributed by atoms with Crippen molar-refractivity contribution in [2.75, 3.05) is 38.3 Å². The highest BCUT2D eigenvalue weighted by Crippen LogP contribution is 2.23. The van der Waals surface area contributed by atoms with Crippen LogP contribution in [0.15, 0.2) is 24.3 Å². The predicted molar refractivity (Wildman–Crippen MR) is 99.2 cm³/mol. The van der Waals surface area contributed by atoms with E-state index in [4.69, 9.17) is 9.47 Å². The number of hydrogen-bond acceptors (Lipinski definition) is 5. The molecule has 1 aromatic carbocycles. The molecule has 0 amide bonds. The third kappa shape index (κ3) is 3.96. The smallest absolute Gasteiger partial charge is 0.216 e. The van der Waals surface area contributed by atoms with Crippen molar-refractivity contribution in [3.63, 3.8) is 0 Å². The zero-order valence-electron chi connectivity index (χ0n) is 15.6. The fraction of sp³-hybridized carbons (Fsp3) is 0.526. The Bertz CT molecular complexity index is 690. The number of anilines is 1. The molecule has 0 saturated carbocycles. The SMILES string of the molecule is COc1c(CN[C@H](C)c2ccc(N3CCOCC3)cc2)c(C)nn1C. The highest BCUT2D eigenvalue weighted by molar-refractivity contribution is 5.48. The van der Waals surface area contributed by atoms with Crippen LogP contribution in [0.4, 0.5) is 5.69 Å². The molecule has 1 aliphatic heterocycles. The van der Waals surface area contributed by atoms with Gasteiger partial charge in [0.25, 0.3) is 0 Å². The average molecular weight is 344 g/mol. The molecule has 6 nitrogen and oxygen atoms in total. The summed E-state index contributed by atoms with van der Waals surface area (Å²) in [5.41, 5.74) is 4.66. The fourth-order valence-electron chi connectivity index (χ4n) is 3.31. The molecule has 0 spiro atoms. The minimum Gasteiger partial charge on any atom is -0.481 e. The Morgan fingerprint density at radius 2 is 1.92 bits per heavy atom. The highest BCUT2D eigenvalue weighted by atomic mass is 16.5. The first-order valence-electron chi connectivity index (χ1n) is 8.82. The summed E-state index contributed by atoms with van der Waals surface area (Å²) in [4.78, 5) is 2.37. The van der Waals surface area contributed by atoms with Gasteiger partial charge in [-0.15, -0.1) is 0 Å². The van der Waals surface area contributed by atoms with Gasteiger partial charge in [0, 0.05) is 38.4 Å². The second-order valence-corrected chi connectivity index (χ2v) is 6.49. The predicted octanol–water partition coefficient (Wildman–Crippen LogP) is 2.42. The summed E-state index contributed by atoms with van der Waals surface area (Å²) in [5, 5.41) is 8.01. The van der Waals surface area contributed by atoms with Crippen LogP contribution < -0.4 is 15.0 Å². The highest BCUT2D eigenvalue weighted by Gasteiger charge is 2.16. The molecule has 25 heavy (non-hydrogen) atoms. The Morgan fingerprint density at radius 3 is 2.56 bits per heavy atom. The summed E-state index contributed by atoms with van der Waals surface area (Å²) in [5.74, 6) is 0.819. The quantitative estimate of drug-likeness (QED) is 0.872. The van der Waals surface area contributed by atoms with Gasteiger partial charge < -0.3 is 19.7 Å². The van der Waals surface area contributed by atoms with Gasteiger partial charge in [0.05, 0.1) is 31.6 Å². The maximum absolute atomic E-state index is 5.46. The third-order valence-electron chi connectivity index (χ3n) is 4.84. The number of methoxy groups -OCH3 is 1. The van der Waals surface area contributed by atoms with Crippen LogP contribution in [-0.2, 0) is 18.3 Å². The minimum atomic E-state index is 0.253. The van der Waals surface area contributed by atoms with Crippen LogP contribution in [0.5, 0.6) is 5.88 Å². The standard InChI is InChI=1S/C19H28N4O2/c1-14(20-13-18-15(2)21-22(3)19(18)24-4)16-5-7-17(8-6-16)23-9-11-25-12-10-23/h5-8,14,20H,9-13H2,1-4H3/t14-/m1/s1. The number of nitrogens with zero attached hydrogens (tertiary/aromatic N) is 3. The maximum atomic E-state index is 5.46. The number of morpholine rings is 1. The molecular weight excluding hydrogens is 316 g/mol. The number of aromatic nitrogens is 2. The van der Waals surface area contributed by atoms with E-state index < -0.39 is 0 Å². The molecule has 1 aromatic heterocycles. The molecule has 2 heterocycles. The normalized spacial score (nSPS) is 16.1. The van der Waals surface area contributed by atoms with E-state index in [1.807, 2.05) is 14.0 Å². The van der Waals surface area contributed by atoms with E-state index in [1.54, 1.807) is 11.8 Å². The lowest BCUT2D eigenvalue weighted by atomic mass is 10.1. The third-order valence-corrected chi connectivity index (χ3v) is 4.84. The lowest BCUT2D eigenvalue weighted by Gasteiger charge is -2.29. The van der Waals surface area contributed by atoms with Crippen molar-refractivity contribution in [3.8, 4) is 5.88 Å². The lowest BCUT2D eigenvalue weighted by molar-refractivity contribution is 0.122. The molecule has 1 N–H and O–H groups in total.